The molecule has 0 fully saturated rings. The molecule has 0 aliphatic carbocycles. The van der Waals surface area contributed by atoms with Crippen molar-refractivity contribution in [1.82, 2.24) is 0 Å². The highest BCUT2D eigenvalue weighted by atomic mass is 32.2. The summed E-state index contributed by atoms with van der Waals surface area (Å²) in [6, 6.07) is 7.81. The first-order chi connectivity index (χ1) is 12.5. The Morgan fingerprint density at radius 3 is 2.44 bits per heavy atom. The Kier molecular flexibility index (Phi) is 5.79. The molecular formula is C17H18FN3O5S. The molecule has 144 valence electrons. The second kappa shape index (κ2) is 7.70. The molecule has 0 heterocycles. The highest BCUT2D eigenvalue weighted by molar-refractivity contribution is 7.92. The molecule has 1 amide bonds. The van der Waals surface area contributed by atoms with Gasteiger partial charge in [0.15, 0.2) is 0 Å². The number of halogens is 1. The van der Waals surface area contributed by atoms with Crippen molar-refractivity contribution in [1.29, 1.82) is 0 Å². The summed E-state index contributed by atoms with van der Waals surface area (Å²) in [5, 5.41) is 13.4. The number of non-ortho nitro benzene ring substituents is 1. The van der Waals surface area contributed by atoms with Crippen molar-refractivity contribution in [2.75, 3.05) is 15.9 Å². The zero-order chi connectivity index (χ0) is 20.4. The fourth-order valence-corrected chi connectivity index (χ4v) is 3.68. The van der Waals surface area contributed by atoms with E-state index in [9.17, 15) is 27.7 Å². The van der Waals surface area contributed by atoms with Crippen LogP contribution in [0.2, 0.25) is 0 Å². The minimum Gasteiger partial charge on any atom is -0.324 e. The minimum atomic E-state index is -3.98. The maximum atomic E-state index is 14.1. The van der Waals surface area contributed by atoms with Crippen molar-refractivity contribution in [2.24, 2.45) is 0 Å². The largest absolute Gasteiger partial charge is 0.324 e. The summed E-state index contributed by atoms with van der Waals surface area (Å²) in [5.41, 5.74) is 0.233. The van der Waals surface area contributed by atoms with Gasteiger partial charge in [-0.2, -0.15) is 0 Å². The minimum absolute atomic E-state index is 0.169. The zero-order valence-electron chi connectivity index (χ0n) is 14.8. The van der Waals surface area contributed by atoms with Crippen LogP contribution in [0.5, 0.6) is 0 Å². The lowest BCUT2D eigenvalue weighted by Crippen LogP contribution is -2.45. The number of nitro benzene ring substituents is 1. The molecule has 0 aliphatic rings. The first-order valence-electron chi connectivity index (χ1n) is 7.82. The zero-order valence-corrected chi connectivity index (χ0v) is 15.7. The van der Waals surface area contributed by atoms with Crippen molar-refractivity contribution >= 4 is 33.0 Å². The maximum absolute atomic E-state index is 14.1. The summed E-state index contributed by atoms with van der Waals surface area (Å²) in [6.07, 6.45) is 0.863. The van der Waals surface area contributed by atoms with E-state index in [1.807, 2.05) is 0 Å². The van der Waals surface area contributed by atoms with Crippen LogP contribution in [-0.4, -0.2) is 31.5 Å². The number of nitrogens with zero attached hydrogens (tertiary/aromatic N) is 2. The Labute approximate surface area is 155 Å². The second-order valence-electron chi connectivity index (χ2n) is 5.93. The Balaban J connectivity index is 2.38. The first kappa shape index (κ1) is 20.3. The van der Waals surface area contributed by atoms with Crippen LogP contribution in [-0.2, 0) is 14.8 Å². The van der Waals surface area contributed by atoms with Crippen LogP contribution in [0.4, 0.5) is 21.5 Å². The van der Waals surface area contributed by atoms with E-state index in [1.54, 1.807) is 6.92 Å². The van der Waals surface area contributed by atoms with Gasteiger partial charge in [-0.15, -0.1) is 0 Å². The van der Waals surface area contributed by atoms with Crippen LogP contribution in [0.25, 0.3) is 0 Å². The van der Waals surface area contributed by atoms with E-state index in [-0.39, 0.29) is 17.1 Å². The van der Waals surface area contributed by atoms with Crippen molar-refractivity contribution in [3.63, 3.8) is 0 Å². The van der Waals surface area contributed by atoms with Gasteiger partial charge in [0.05, 0.1) is 22.6 Å². The number of nitrogens with one attached hydrogen (secondary N) is 1. The lowest BCUT2D eigenvalue weighted by Gasteiger charge is -2.28. The Bertz CT molecular complexity index is 994. The number of amides is 1. The highest BCUT2D eigenvalue weighted by Crippen LogP contribution is 2.26. The third-order valence-corrected chi connectivity index (χ3v) is 5.10. The van der Waals surface area contributed by atoms with Crippen molar-refractivity contribution in [2.45, 2.75) is 19.9 Å². The van der Waals surface area contributed by atoms with Gasteiger partial charge in [0.25, 0.3) is 5.69 Å². The summed E-state index contributed by atoms with van der Waals surface area (Å²) in [6.45, 7) is 2.94. The number of anilines is 2. The number of hydrogen-bond donors (Lipinski definition) is 1. The standard InChI is InChI=1S/C17H18FN3O5S/c1-11-8-9-13(21(23)24)10-15(11)19-17(22)12(2)20(27(3,25)26)16-7-5-4-6-14(16)18/h4-10,12H,1-3H3,(H,19,22). The topological polar surface area (TPSA) is 110 Å². The predicted octanol–water partition coefficient (Wildman–Crippen LogP) is 2.84. The Hall–Kier alpha value is -3.01. The number of carbonyl (C=O) groups excluding carboxylic acids is 1. The first-order valence-corrected chi connectivity index (χ1v) is 9.67. The smallest absolute Gasteiger partial charge is 0.271 e. The van der Waals surface area contributed by atoms with Crippen molar-refractivity contribution in [3.8, 4) is 0 Å². The molecule has 0 aliphatic heterocycles. The molecule has 2 rings (SSSR count). The Morgan fingerprint density at radius 1 is 1.26 bits per heavy atom. The van der Waals surface area contributed by atoms with Gasteiger partial charge in [0, 0.05) is 12.1 Å². The van der Waals surface area contributed by atoms with Gasteiger partial charge in [0.1, 0.15) is 11.9 Å². The number of sulfonamides is 1. The normalized spacial score (nSPS) is 12.3. The van der Waals surface area contributed by atoms with E-state index in [0.29, 0.717) is 9.87 Å². The number of hydrogen-bond acceptors (Lipinski definition) is 5. The average Bonchev–Trinajstić information content (AvgIpc) is 2.57. The number of nitro groups is 1. The maximum Gasteiger partial charge on any atom is 0.271 e. The third-order valence-electron chi connectivity index (χ3n) is 3.87. The molecule has 0 spiro atoms. The van der Waals surface area contributed by atoms with Crippen LogP contribution >= 0.6 is 0 Å². The second-order valence-corrected chi connectivity index (χ2v) is 7.79. The number of aryl methyl sites for hydroxylation is 1. The van der Waals surface area contributed by atoms with E-state index >= 15 is 0 Å². The van der Waals surface area contributed by atoms with Gasteiger partial charge in [-0.05, 0) is 31.5 Å². The number of para-hydroxylation sites is 1. The molecule has 1 N–H and O–H groups in total. The molecule has 0 saturated carbocycles. The fraction of sp³-hybridized carbons (Fsp3) is 0.235. The molecule has 0 bridgehead atoms. The lowest BCUT2D eigenvalue weighted by atomic mass is 10.1. The van der Waals surface area contributed by atoms with Crippen molar-refractivity contribution < 1.29 is 22.5 Å². The molecule has 2 aromatic carbocycles. The average molecular weight is 395 g/mol. The molecule has 2 aromatic rings. The molecule has 10 heteroatoms. The number of carbonyl (C=O) groups is 1. The summed E-state index contributed by atoms with van der Waals surface area (Å²) >= 11 is 0. The van der Waals surface area contributed by atoms with Gasteiger partial charge < -0.3 is 5.32 Å². The molecule has 1 unspecified atom stereocenters. The van der Waals surface area contributed by atoms with Gasteiger partial charge >= 0.3 is 0 Å². The van der Waals surface area contributed by atoms with Crippen LogP contribution in [0.1, 0.15) is 12.5 Å². The number of rotatable bonds is 6. The van der Waals surface area contributed by atoms with E-state index in [4.69, 9.17) is 0 Å². The summed E-state index contributed by atoms with van der Waals surface area (Å²) in [5.74, 6) is -1.55. The SMILES string of the molecule is Cc1ccc([N+](=O)[O-])cc1NC(=O)C(C)N(c1ccccc1F)S(C)(=O)=O. The molecule has 8 nitrogen and oxygen atoms in total. The van der Waals surface area contributed by atoms with Gasteiger partial charge in [-0.3, -0.25) is 19.2 Å². The molecule has 0 aromatic heterocycles. The monoisotopic (exact) mass is 395 g/mol. The highest BCUT2D eigenvalue weighted by Gasteiger charge is 2.31. The van der Waals surface area contributed by atoms with Gasteiger partial charge in [-0.25, -0.2) is 12.8 Å². The third kappa shape index (κ3) is 4.59. The predicted molar refractivity (Wildman–Crippen MR) is 99.6 cm³/mol. The van der Waals surface area contributed by atoms with Gasteiger partial charge in [0.2, 0.25) is 15.9 Å². The van der Waals surface area contributed by atoms with Crippen LogP contribution < -0.4 is 9.62 Å². The molecule has 27 heavy (non-hydrogen) atoms. The van der Waals surface area contributed by atoms with E-state index < -0.39 is 32.7 Å². The summed E-state index contributed by atoms with van der Waals surface area (Å²) < 4.78 is 39.2. The van der Waals surface area contributed by atoms with Crippen LogP contribution in [0.15, 0.2) is 42.5 Å². The van der Waals surface area contributed by atoms with Crippen molar-refractivity contribution in [3.05, 3.63) is 64.0 Å². The summed E-state index contributed by atoms with van der Waals surface area (Å²) in [7, 11) is -3.98. The van der Waals surface area contributed by atoms with Gasteiger partial charge in [-0.1, -0.05) is 18.2 Å². The van der Waals surface area contributed by atoms with Crippen LogP contribution in [0, 0.1) is 22.9 Å². The quantitative estimate of drug-likeness (QED) is 0.597. The fourth-order valence-electron chi connectivity index (χ4n) is 2.51. The Morgan fingerprint density at radius 2 is 1.89 bits per heavy atom. The van der Waals surface area contributed by atoms with E-state index in [1.165, 1.54) is 43.3 Å². The molecule has 0 saturated heterocycles. The van der Waals surface area contributed by atoms with Crippen LogP contribution in [0.3, 0.4) is 0 Å². The summed E-state index contributed by atoms with van der Waals surface area (Å²) in [4.78, 5) is 22.9. The molecule has 1 atom stereocenters. The van der Waals surface area contributed by atoms with E-state index in [0.717, 1.165) is 12.3 Å². The number of benzene rings is 2. The molecule has 0 radical (unpaired) electrons. The lowest BCUT2D eigenvalue weighted by molar-refractivity contribution is -0.384. The van der Waals surface area contributed by atoms with E-state index in [2.05, 4.69) is 5.32 Å². The molecular weight excluding hydrogens is 377 g/mol.